The van der Waals surface area contributed by atoms with E-state index in [2.05, 4.69) is 27.7 Å². The Morgan fingerprint density at radius 2 is 0.722 bits per heavy atom. The van der Waals surface area contributed by atoms with Gasteiger partial charge in [-0.05, 0) is 26.2 Å². The third kappa shape index (κ3) is 22.7. The van der Waals surface area contributed by atoms with Crippen molar-refractivity contribution < 1.29 is 9.53 Å². The molecule has 0 aromatic rings. The lowest BCUT2D eigenvalue weighted by atomic mass is 9.79. The molecule has 0 aliphatic rings. The van der Waals surface area contributed by atoms with E-state index in [9.17, 15) is 4.79 Å². The van der Waals surface area contributed by atoms with Crippen LogP contribution in [-0.2, 0) is 9.53 Å². The first-order valence-electron chi connectivity index (χ1n) is 16.8. The Bertz CT molecular complexity index is 446. The standard InChI is InChI=1S/C34H68O2/c1-5-8-11-13-15-17-18-19-20-21-22-23-25-28-31-34(4,30-27-10-7-3)33(35)36-32-29-26-24-16-14-12-9-6-2/h5-32H2,1-4H3. The van der Waals surface area contributed by atoms with Crippen LogP contribution in [0.5, 0.6) is 0 Å². The molecule has 0 aromatic carbocycles. The van der Waals surface area contributed by atoms with Crippen molar-refractivity contribution in [2.24, 2.45) is 5.41 Å². The van der Waals surface area contributed by atoms with Gasteiger partial charge in [0.2, 0.25) is 0 Å². The zero-order valence-electron chi connectivity index (χ0n) is 25.6. The number of hydrogen-bond acceptors (Lipinski definition) is 2. The zero-order valence-corrected chi connectivity index (χ0v) is 25.6. The maximum absolute atomic E-state index is 13.0. The highest BCUT2D eigenvalue weighted by atomic mass is 16.5. The second-order valence-corrected chi connectivity index (χ2v) is 12.0. The molecule has 1 unspecified atom stereocenters. The molecule has 0 aliphatic heterocycles. The highest BCUT2D eigenvalue weighted by Gasteiger charge is 2.33. The van der Waals surface area contributed by atoms with Crippen LogP contribution in [-0.4, -0.2) is 12.6 Å². The van der Waals surface area contributed by atoms with E-state index < -0.39 is 0 Å². The third-order valence-corrected chi connectivity index (χ3v) is 8.14. The molecule has 0 bridgehead atoms. The van der Waals surface area contributed by atoms with E-state index in [-0.39, 0.29) is 11.4 Å². The van der Waals surface area contributed by atoms with Gasteiger partial charge in [0.25, 0.3) is 0 Å². The lowest BCUT2D eigenvalue weighted by Gasteiger charge is -2.27. The van der Waals surface area contributed by atoms with Crippen molar-refractivity contribution in [1.29, 1.82) is 0 Å². The van der Waals surface area contributed by atoms with Crippen molar-refractivity contribution >= 4 is 5.97 Å². The summed E-state index contributed by atoms with van der Waals surface area (Å²) in [6.07, 6.45) is 35.2. The van der Waals surface area contributed by atoms with E-state index in [1.807, 2.05) is 0 Å². The third-order valence-electron chi connectivity index (χ3n) is 8.14. The van der Waals surface area contributed by atoms with Crippen molar-refractivity contribution in [2.45, 2.75) is 201 Å². The summed E-state index contributed by atoms with van der Waals surface area (Å²) in [6.45, 7) is 9.60. The van der Waals surface area contributed by atoms with Gasteiger partial charge in [0.05, 0.1) is 12.0 Å². The Kier molecular flexibility index (Phi) is 27.1. The van der Waals surface area contributed by atoms with Crippen molar-refractivity contribution in [3.05, 3.63) is 0 Å². The van der Waals surface area contributed by atoms with E-state index in [1.165, 1.54) is 148 Å². The Morgan fingerprint density at radius 1 is 0.444 bits per heavy atom. The summed E-state index contributed by atoms with van der Waals surface area (Å²) in [5.41, 5.74) is -0.271. The number of ether oxygens (including phenoxy) is 1. The highest BCUT2D eigenvalue weighted by Crippen LogP contribution is 2.33. The van der Waals surface area contributed by atoms with Crippen LogP contribution in [0.1, 0.15) is 201 Å². The maximum Gasteiger partial charge on any atom is 0.311 e. The molecule has 0 rings (SSSR count). The van der Waals surface area contributed by atoms with Gasteiger partial charge in [-0.25, -0.2) is 0 Å². The molecular weight excluding hydrogens is 440 g/mol. The zero-order chi connectivity index (χ0) is 26.6. The van der Waals surface area contributed by atoms with E-state index >= 15 is 0 Å². The van der Waals surface area contributed by atoms with Crippen molar-refractivity contribution in [2.75, 3.05) is 6.61 Å². The summed E-state index contributed by atoms with van der Waals surface area (Å²) >= 11 is 0. The summed E-state index contributed by atoms with van der Waals surface area (Å²) in [7, 11) is 0. The van der Waals surface area contributed by atoms with Crippen molar-refractivity contribution in [3.63, 3.8) is 0 Å². The van der Waals surface area contributed by atoms with Gasteiger partial charge < -0.3 is 4.74 Å². The molecule has 0 saturated carbocycles. The molecule has 1 atom stereocenters. The minimum atomic E-state index is -0.271. The van der Waals surface area contributed by atoms with Crippen molar-refractivity contribution in [3.8, 4) is 0 Å². The monoisotopic (exact) mass is 509 g/mol. The predicted octanol–water partition coefficient (Wildman–Crippen LogP) is 12.1. The van der Waals surface area contributed by atoms with Gasteiger partial charge in [-0.3, -0.25) is 4.79 Å². The van der Waals surface area contributed by atoms with Crippen LogP contribution in [0.25, 0.3) is 0 Å². The van der Waals surface area contributed by atoms with Crippen molar-refractivity contribution in [1.82, 2.24) is 0 Å². The molecule has 2 heteroatoms. The Balaban J connectivity index is 3.91. The van der Waals surface area contributed by atoms with Gasteiger partial charge in [0.1, 0.15) is 0 Å². The molecule has 0 heterocycles. The van der Waals surface area contributed by atoms with Crippen LogP contribution < -0.4 is 0 Å². The molecule has 0 radical (unpaired) electrons. The molecule has 0 fully saturated rings. The summed E-state index contributed by atoms with van der Waals surface area (Å²) < 4.78 is 5.81. The first-order chi connectivity index (χ1) is 17.6. The molecule has 216 valence electrons. The molecule has 0 amide bonds. The Morgan fingerprint density at radius 3 is 1.11 bits per heavy atom. The molecule has 2 nitrogen and oxygen atoms in total. The fourth-order valence-corrected chi connectivity index (χ4v) is 5.38. The first-order valence-corrected chi connectivity index (χ1v) is 16.8. The SMILES string of the molecule is CCCCCCCCCCCCCCCCC(C)(CCCCC)C(=O)OCCCCCCCCCC. The molecule has 0 N–H and O–H groups in total. The predicted molar refractivity (Wildman–Crippen MR) is 161 cm³/mol. The van der Waals surface area contributed by atoms with Gasteiger partial charge in [-0.2, -0.15) is 0 Å². The number of rotatable bonds is 29. The largest absolute Gasteiger partial charge is 0.465 e. The lowest BCUT2D eigenvalue weighted by molar-refractivity contribution is -0.156. The Labute approximate surface area is 228 Å². The molecular formula is C34H68O2. The van der Waals surface area contributed by atoms with E-state index in [0.717, 1.165) is 25.7 Å². The topological polar surface area (TPSA) is 26.3 Å². The van der Waals surface area contributed by atoms with Gasteiger partial charge in [0, 0.05) is 0 Å². The number of carbonyl (C=O) groups is 1. The average Bonchev–Trinajstić information content (AvgIpc) is 2.88. The minimum Gasteiger partial charge on any atom is -0.465 e. The average molecular weight is 509 g/mol. The maximum atomic E-state index is 13.0. The minimum absolute atomic E-state index is 0.0799. The summed E-state index contributed by atoms with van der Waals surface area (Å²) in [6, 6.07) is 0. The molecule has 36 heavy (non-hydrogen) atoms. The number of unbranched alkanes of at least 4 members (excludes halogenated alkanes) is 22. The fraction of sp³-hybridized carbons (Fsp3) is 0.971. The van der Waals surface area contributed by atoms with E-state index in [0.29, 0.717) is 6.61 Å². The van der Waals surface area contributed by atoms with Crippen LogP contribution in [0.3, 0.4) is 0 Å². The number of carbonyl (C=O) groups excluding carboxylic acids is 1. The van der Waals surface area contributed by atoms with Crippen LogP contribution in [0.2, 0.25) is 0 Å². The number of hydrogen-bond donors (Lipinski definition) is 0. The summed E-state index contributed by atoms with van der Waals surface area (Å²) in [4.78, 5) is 13.0. The Hall–Kier alpha value is -0.530. The van der Waals surface area contributed by atoms with E-state index in [1.54, 1.807) is 0 Å². The van der Waals surface area contributed by atoms with Gasteiger partial charge in [0.15, 0.2) is 0 Å². The van der Waals surface area contributed by atoms with E-state index in [4.69, 9.17) is 4.74 Å². The van der Waals surface area contributed by atoms with Crippen LogP contribution in [0.15, 0.2) is 0 Å². The second-order valence-electron chi connectivity index (χ2n) is 12.0. The van der Waals surface area contributed by atoms with Crippen LogP contribution in [0.4, 0.5) is 0 Å². The lowest BCUT2D eigenvalue weighted by Crippen LogP contribution is -2.30. The van der Waals surface area contributed by atoms with Gasteiger partial charge >= 0.3 is 5.97 Å². The molecule has 0 saturated heterocycles. The second kappa shape index (κ2) is 27.5. The first kappa shape index (κ1) is 35.5. The van der Waals surface area contributed by atoms with Gasteiger partial charge in [-0.1, -0.05) is 175 Å². The molecule has 0 aromatic heterocycles. The molecule has 0 spiro atoms. The normalized spacial score (nSPS) is 13.1. The van der Waals surface area contributed by atoms with Crippen LogP contribution in [0, 0.1) is 5.41 Å². The van der Waals surface area contributed by atoms with Crippen LogP contribution >= 0.6 is 0 Å². The summed E-state index contributed by atoms with van der Waals surface area (Å²) in [5, 5.41) is 0. The number of esters is 1. The highest BCUT2D eigenvalue weighted by molar-refractivity contribution is 5.76. The smallest absolute Gasteiger partial charge is 0.311 e. The fourth-order valence-electron chi connectivity index (χ4n) is 5.38. The molecule has 0 aliphatic carbocycles. The quantitative estimate of drug-likeness (QED) is 0.0741. The van der Waals surface area contributed by atoms with Gasteiger partial charge in [-0.15, -0.1) is 0 Å². The summed E-state index contributed by atoms with van der Waals surface area (Å²) in [5.74, 6) is 0.0799.